The van der Waals surface area contributed by atoms with E-state index < -0.39 is 6.04 Å². The molecule has 0 aliphatic carbocycles. The third-order valence-electron chi connectivity index (χ3n) is 7.01. The van der Waals surface area contributed by atoms with Crippen LogP contribution in [0.3, 0.4) is 0 Å². The molecule has 3 aromatic rings. The van der Waals surface area contributed by atoms with Crippen molar-refractivity contribution in [3.63, 3.8) is 0 Å². The van der Waals surface area contributed by atoms with E-state index in [4.69, 9.17) is 16.6 Å². The van der Waals surface area contributed by atoms with Gasteiger partial charge in [-0.15, -0.1) is 21.5 Å². The summed E-state index contributed by atoms with van der Waals surface area (Å²) in [5, 5.41) is 10.5. The maximum absolute atomic E-state index is 13.4. The highest BCUT2D eigenvalue weighted by Gasteiger charge is 2.34. The fraction of sp³-hybridized carbons (Fsp3) is 0.423. The van der Waals surface area contributed by atoms with Crippen LogP contribution in [0.25, 0.3) is 5.00 Å². The maximum Gasteiger partial charge on any atom is 0.225 e. The van der Waals surface area contributed by atoms with Gasteiger partial charge in [0.15, 0.2) is 5.82 Å². The minimum absolute atomic E-state index is 0.00756. The number of fused-ring (bicyclic) bond motifs is 3. The van der Waals surface area contributed by atoms with E-state index in [9.17, 15) is 9.59 Å². The molecular weight excluding hydrogens is 496 g/mol. The number of halogens is 1. The Labute approximate surface area is 219 Å². The SMILES string of the molecule is CCC(=O)N1CCN(C(=O)C[C@@H]2N=C(c3ccc(Cl)cc3)c3c(sc(C)c3C)-n3c(C)nnc32)CC1. The lowest BCUT2D eigenvalue weighted by Gasteiger charge is -2.35. The number of hydrogen-bond donors (Lipinski definition) is 0. The molecule has 2 amide bonds. The highest BCUT2D eigenvalue weighted by Crippen LogP contribution is 2.39. The highest BCUT2D eigenvalue weighted by molar-refractivity contribution is 7.15. The second-order valence-corrected chi connectivity index (χ2v) is 10.9. The van der Waals surface area contributed by atoms with Crippen LogP contribution in [-0.4, -0.2) is 68.3 Å². The van der Waals surface area contributed by atoms with Gasteiger partial charge in [0.2, 0.25) is 11.8 Å². The summed E-state index contributed by atoms with van der Waals surface area (Å²) in [4.78, 5) is 35.5. The Morgan fingerprint density at radius 1 is 1.00 bits per heavy atom. The molecule has 1 fully saturated rings. The van der Waals surface area contributed by atoms with E-state index in [0.29, 0.717) is 43.4 Å². The third kappa shape index (κ3) is 4.35. The second kappa shape index (κ2) is 9.78. The van der Waals surface area contributed by atoms with E-state index in [-0.39, 0.29) is 18.2 Å². The van der Waals surface area contributed by atoms with Gasteiger partial charge in [0.05, 0.1) is 12.1 Å². The van der Waals surface area contributed by atoms with E-state index in [0.717, 1.165) is 33.2 Å². The Kier molecular flexibility index (Phi) is 6.70. The number of rotatable bonds is 4. The van der Waals surface area contributed by atoms with Crippen molar-refractivity contribution in [3.05, 3.63) is 62.5 Å². The van der Waals surface area contributed by atoms with Crippen molar-refractivity contribution in [1.29, 1.82) is 0 Å². The van der Waals surface area contributed by atoms with Gasteiger partial charge in [0.25, 0.3) is 0 Å². The number of piperazine rings is 1. The van der Waals surface area contributed by atoms with Crippen LogP contribution in [0.4, 0.5) is 0 Å². The summed E-state index contributed by atoms with van der Waals surface area (Å²) in [6.45, 7) is 10.2. The number of carbonyl (C=O) groups excluding carboxylic acids is 2. The molecule has 4 heterocycles. The summed E-state index contributed by atoms with van der Waals surface area (Å²) in [7, 11) is 0. The lowest BCUT2D eigenvalue weighted by atomic mass is 9.99. The number of aliphatic imine (C=N–C) groups is 1. The number of carbonyl (C=O) groups is 2. The Morgan fingerprint density at radius 2 is 1.64 bits per heavy atom. The lowest BCUT2D eigenvalue weighted by Crippen LogP contribution is -2.50. The van der Waals surface area contributed by atoms with Gasteiger partial charge in [-0.25, -0.2) is 0 Å². The Hall–Kier alpha value is -3.04. The van der Waals surface area contributed by atoms with Crippen LogP contribution < -0.4 is 0 Å². The number of thiophene rings is 1. The van der Waals surface area contributed by atoms with E-state index in [2.05, 4.69) is 28.6 Å². The van der Waals surface area contributed by atoms with Crippen LogP contribution in [0, 0.1) is 20.8 Å². The minimum Gasteiger partial charge on any atom is -0.339 e. The first-order chi connectivity index (χ1) is 17.3. The summed E-state index contributed by atoms with van der Waals surface area (Å²) in [5.41, 5.74) is 3.99. The van der Waals surface area contributed by atoms with Gasteiger partial charge in [0.1, 0.15) is 16.9 Å². The zero-order valence-electron chi connectivity index (χ0n) is 20.9. The monoisotopic (exact) mass is 524 g/mol. The van der Waals surface area contributed by atoms with E-state index in [1.54, 1.807) is 11.3 Å². The number of hydrogen-bond acceptors (Lipinski definition) is 6. The van der Waals surface area contributed by atoms with Crippen molar-refractivity contribution in [3.8, 4) is 5.00 Å². The van der Waals surface area contributed by atoms with Crippen molar-refractivity contribution >= 4 is 40.5 Å². The number of nitrogens with zero attached hydrogens (tertiary/aromatic N) is 6. The molecule has 0 spiro atoms. The zero-order chi connectivity index (χ0) is 25.6. The van der Waals surface area contributed by atoms with Gasteiger partial charge < -0.3 is 9.80 Å². The Balaban J connectivity index is 1.53. The molecule has 10 heteroatoms. The van der Waals surface area contributed by atoms with Crippen molar-refractivity contribution in [1.82, 2.24) is 24.6 Å². The number of benzene rings is 1. The molecule has 1 aromatic carbocycles. The zero-order valence-corrected chi connectivity index (χ0v) is 22.5. The van der Waals surface area contributed by atoms with Crippen LogP contribution >= 0.6 is 22.9 Å². The molecule has 36 heavy (non-hydrogen) atoms. The first kappa shape index (κ1) is 24.6. The quantitative estimate of drug-likeness (QED) is 0.510. The molecule has 0 N–H and O–H groups in total. The molecular formula is C26H29ClN6O2S. The van der Waals surface area contributed by atoms with E-state index in [1.165, 1.54) is 4.88 Å². The van der Waals surface area contributed by atoms with Gasteiger partial charge in [-0.3, -0.25) is 19.1 Å². The molecule has 5 rings (SSSR count). The topological polar surface area (TPSA) is 83.7 Å². The Bertz CT molecular complexity index is 1350. The molecule has 1 saturated heterocycles. The van der Waals surface area contributed by atoms with Crippen LogP contribution in [0.1, 0.15) is 59.0 Å². The molecule has 2 aliphatic heterocycles. The summed E-state index contributed by atoms with van der Waals surface area (Å²) in [6.07, 6.45) is 0.667. The summed E-state index contributed by atoms with van der Waals surface area (Å²) < 4.78 is 2.06. The van der Waals surface area contributed by atoms with Crippen LogP contribution in [0.5, 0.6) is 0 Å². The first-order valence-electron chi connectivity index (χ1n) is 12.2. The molecule has 8 nitrogen and oxygen atoms in total. The average molecular weight is 525 g/mol. The molecule has 0 bridgehead atoms. The van der Waals surface area contributed by atoms with Crippen LogP contribution in [-0.2, 0) is 9.59 Å². The normalized spacial score (nSPS) is 17.4. The summed E-state index contributed by atoms with van der Waals surface area (Å²) >= 11 is 7.87. The van der Waals surface area contributed by atoms with Crippen LogP contribution in [0.15, 0.2) is 29.3 Å². The van der Waals surface area contributed by atoms with Gasteiger partial charge in [0, 0.05) is 53.6 Å². The number of amides is 2. The molecule has 2 aromatic heterocycles. The minimum atomic E-state index is -0.487. The number of aryl methyl sites for hydroxylation is 2. The summed E-state index contributed by atoms with van der Waals surface area (Å²) in [5.74, 6) is 1.58. The van der Waals surface area contributed by atoms with Gasteiger partial charge in [-0.1, -0.05) is 30.7 Å². The average Bonchev–Trinajstić information content (AvgIpc) is 3.36. The van der Waals surface area contributed by atoms with Crippen LogP contribution in [0.2, 0.25) is 5.02 Å². The largest absolute Gasteiger partial charge is 0.339 e. The van der Waals surface area contributed by atoms with Crippen molar-refractivity contribution in [2.24, 2.45) is 4.99 Å². The predicted molar refractivity (Wildman–Crippen MR) is 141 cm³/mol. The van der Waals surface area contributed by atoms with E-state index in [1.807, 2.05) is 47.9 Å². The predicted octanol–water partition coefficient (Wildman–Crippen LogP) is 4.27. The third-order valence-corrected chi connectivity index (χ3v) is 8.46. The van der Waals surface area contributed by atoms with Crippen molar-refractivity contribution < 1.29 is 9.59 Å². The van der Waals surface area contributed by atoms with Crippen molar-refractivity contribution in [2.75, 3.05) is 26.2 Å². The summed E-state index contributed by atoms with van der Waals surface area (Å²) in [6, 6.07) is 7.18. The van der Waals surface area contributed by atoms with Gasteiger partial charge >= 0.3 is 0 Å². The molecule has 0 saturated carbocycles. The van der Waals surface area contributed by atoms with Gasteiger partial charge in [-0.05, 0) is 38.5 Å². The standard InChI is InChI=1S/C26H29ClN6O2S/c1-5-21(34)31-10-12-32(13-11-31)22(35)14-20-25-30-29-17(4)33(25)26-23(15(2)16(3)36-26)24(28-20)18-6-8-19(27)9-7-18/h6-9,20H,5,10-14H2,1-4H3/t20-/m0/s1. The van der Waals surface area contributed by atoms with E-state index >= 15 is 0 Å². The molecule has 0 radical (unpaired) electrons. The number of aromatic nitrogens is 3. The molecule has 0 unspecified atom stereocenters. The lowest BCUT2D eigenvalue weighted by molar-refractivity contribution is -0.139. The van der Waals surface area contributed by atoms with Gasteiger partial charge in [-0.2, -0.15) is 0 Å². The molecule has 1 atom stereocenters. The molecule has 2 aliphatic rings. The first-order valence-corrected chi connectivity index (χ1v) is 13.4. The second-order valence-electron chi connectivity index (χ2n) is 9.22. The molecule has 188 valence electrons. The highest BCUT2D eigenvalue weighted by atomic mass is 35.5. The fourth-order valence-electron chi connectivity index (χ4n) is 4.86. The van der Waals surface area contributed by atoms with Crippen molar-refractivity contribution in [2.45, 2.75) is 46.6 Å². The maximum atomic E-state index is 13.4. The smallest absolute Gasteiger partial charge is 0.225 e. The Morgan fingerprint density at radius 3 is 2.28 bits per heavy atom. The fourth-order valence-corrected chi connectivity index (χ4v) is 6.20.